The summed E-state index contributed by atoms with van der Waals surface area (Å²) >= 11 is 0. The molecule has 10 heteroatoms. The number of aromatic nitrogens is 1. The number of rotatable bonds is 7. The molecule has 0 amide bonds. The van der Waals surface area contributed by atoms with Gasteiger partial charge in [0.25, 0.3) is 6.01 Å². The van der Waals surface area contributed by atoms with Crippen LogP contribution in [0.15, 0.2) is 59.1 Å². The van der Waals surface area contributed by atoms with Gasteiger partial charge in [0, 0.05) is 42.5 Å². The lowest BCUT2D eigenvalue weighted by Crippen LogP contribution is -2.54. The largest absolute Gasteiger partial charge is 0.465 e. The number of oxazole rings is 1. The van der Waals surface area contributed by atoms with E-state index in [0.717, 1.165) is 75.0 Å². The first-order valence-corrected chi connectivity index (χ1v) is 13.4. The van der Waals surface area contributed by atoms with Gasteiger partial charge in [-0.3, -0.25) is 0 Å². The first kappa shape index (κ1) is 27.1. The van der Waals surface area contributed by atoms with E-state index in [9.17, 15) is 18.0 Å². The van der Waals surface area contributed by atoms with Gasteiger partial charge < -0.3 is 24.7 Å². The lowest BCUT2D eigenvalue weighted by Gasteiger charge is -2.40. The van der Waals surface area contributed by atoms with Gasteiger partial charge in [0.05, 0.1) is 24.4 Å². The maximum atomic E-state index is 13.0. The number of esters is 1. The normalized spacial score (nSPS) is 21.9. The molecule has 2 heterocycles. The number of nitrogens with one attached hydrogen (secondary N) is 2. The molecular weight excluding hydrogens is 509 g/mol. The number of alkyl halides is 3. The van der Waals surface area contributed by atoms with Crippen molar-refractivity contribution in [1.29, 1.82) is 0 Å². The zero-order chi connectivity index (χ0) is 27.4. The van der Waals surface area contributed by atoms with E-state index in [1.54, 1.807) is 36.5 Å². The Bertz CT molecular complexity index is 1260. The Morgan fingerprint density at radius 2 is 1.82 bits per heavy atom. The van der Waals surface area contributed by atoms with E-state index in [1.165, 1.54) is 7.11 Å². The minimum absolute atomic E-state index is 0.132. The van der Waals surface area contributed by atoms with Crippen LogP contribution in [0.1, 0.15) is 54.4 Å². The second-order valence-corrected chi connectivity index (χ2v) is 10.2. The molecule has 5 rings (SSSR count). The number of halogens is 3. The van der Waals surface area contributed by atoms with Gasteiger partial charge >= 0.3 is 12.1 Å². The summed E-state index contributed by atoms with van der Waals surface area (Å²) in [5, 5.41) is 7.29. The summed E-state index contributed by atoms with van der Waals surface area (Å²) in [5.41, 5.74) is 1.37. The minimum atomic E-state index is -4.33. The molecule has 1 aromatic heterocycles. The van der Waals surface area contributed by atoms with Crippen LogP contribution in [0.5, 0.6) is 0 Å². The third kappa shape index (κ3) is 6.55. The van der Waals surface area contributed by atoms with Crippen LogP contribution in [-0.2, 0) is 10.9 Å². The molecule has 1 saturated carbocycles. The number of methoxy groups -OCH3 is 1. The smallest absolute Gasteiger partial charge is 0.416 e. The second-order valence-electron chi connectivity index (χ2n) is 10.2. The standard InChI is InChI=1S/C29H33F3N4O3/c1-38-27(37)20-7-4-6-19(16-20)26-17-33-28(39-26)35-25-10-3-2-9-24(25)34-22-8-5-15-36(18-22)23-13-11-21(12-14-23)29(30,31)32/h4,6-7,11-14,16-17,22,24-25,34H,2-3,5,8-10,15,18H2,1H3,(H,33,35). The lowest BCUT2D eigenvalue weighted by atomic mass is 9.89. The van der Waals surface area contributed by atoms with Gasteiger partial charge in [-0.15, -0.1) is 0 Å². The van der Waals surface area contributed by atoms with Gasteiger partial charge in [0.2, 0.25) is 0 Å². The molecule has 2 aromatic carbocycles. The average molecular weight is 543 g/mol. The third-order valence-corrected chi connectivity index (χ3v) is 7.58. The molecule has 3 unspecified atom stereocenters. The molecule has 7 nitrogen and oxygen atoms in total. The number of anilines is 2. The fourth-order valence-corrected chi connectivity index (χ4v) is 5.56. The number of carbonyl (C=O) groups excluding carboxylic acids is 1. The number of ether oxygens (including phenoxy) is 1. The first-order valence-electron chi connectivity index (χ1n) is 13.4. The van der Waals surface area contributed by atoms with Crippen molar-refractivity contribution < 1.29 is 27.1 Å². The molecule has 3 aromatic rings. The molecule has 1 saturated heterocycles. The first-order chi connectivity index (χ1) is 18.8. The Labute approximate surface area is 225 Å². The molecular formula is C29H33F3N4O3. The summed E-state index contributed by atoms with van der Waals surface area (Å²) in [6, 6.07) is 13.5. The average Bonchev–Trinajstić information content (AvgIpc) is 3.42. The topological polar surface area (TPSA) is 79.6 Å². The summed E-state index contributed by atoms with van der Waals surface area (Å²) in [5.74, 6) is 0.147. The Kier molecular flexibility index (Phi) is 8.11. The van der Waals surface area contributed by atoms with Crippen molar-refractivity contribution >= 4 is 17.7 Å². The zero-order valence-corrected chi connectivity index (χ0v) is 21.8. The van der Waals surface area contributed by atoms with E-state index < -0.39 is 17.7 Å². The van der Waals surface area contributed by atoms with E-state index >= 15 is 0 Å². The Morgan fingerprint density at radius 1 is 1.05 bits per heavy atom. The SMILES string of the molecule is COC(=O)c1cccc(-c2cnc(NC3CCCCC3NC3CCCN(c4ccc(C(F)(F)F)cc4)C3)o2)c1. The van der Waals surface area contributed by atoms with Crippen molar-refractivity contribution in [3.8, 4) is 11.3 Å². The van der Waals surface area contributed by atoms with Gasteiger partial charge in [-0.2, -0.15) is 13.2 Å². The van der Waals surface area contributed by atoms with Crippen LogP contribution in [0.3, 0.4) is 0 Å². The molecule has 2 N–H and O–H groups in total. The fraction of sp³-hybridized carbons (Fsp3) is 0.448. The summed E-state index contributed by atoms with van der Waals surface area (Å²) < 4.78 is 49.7. The lowest BCUT2D eigenvalue weighted by molar-refractivity contribution is -0.137. The molecule has 2 fully saturated rings. The van der Waals surface area contributed by atoms with Crippen LogP contribution in [0.25, 0.3) is 11.3 Å². The number of hydrogen-bond acceptors (Lipinski definition) is 7. The maximum absolute atomic E-state index is 13.0. The van der Waals surface area contributed by atoms with Gasteiger partial charge in [0.15, 0.2) is 5.76 Å². The van der Waals surface area contributed by atoms with Crippen LogP contribution < -0.4 is 15.5 Å². The van der Waals surface area contributed by atoms with E-state index in [0.29, 0.717) is 17.3 Å². The number of carbonyl (C=O) groups is 1. The highest BCUT2D eigenvalue weighted by Crippen LogP contribution is 2.32. The highest BCUT2D eigenvalue weighted by molar-refractivity contribution is 5.90. The Morgan fingerprint density at radius 3 is 2.56 bits per heavy atom. The molecule has 0 bridgehead atoms. The number of hydrogen-bond donors (Lipinski definition) is 2. The van der Waals surface area contributed by atoms with E-state index in [-0.39, 0.29) is 18.1 Å². The van der Waals surface area contributed by atoms with Crippen molar-refractivity contribution in [3.63, 3.8) is 0 Å². The predicted molar refractivity (Wildman–Crippen MR) is 143 cm³/mol. The quantitative estimate of drug-likeness (QED) is 0.348. The monoisotopic (exact) mass is 542 g/mol. The highest BCUT2D eigenvalue weighted by Gasteiger charge is 2.32. The highest BCUT2D eigenvalue weighted by atomic mass is 19.4. The summed E-state index contributed by atoms with van der Waals surface area (Å²) in [7, 11) is 1.35. The molecule has 1 aliphatic heterocycles. The minimum Gasteiger partial charge on any atom is -0.465 e. The molecule has 1 aliphatic carbocycles. The Balaban J connectivity index is 1.22. The van der Waals surface area contributed by atoms with E-state index in [2.05, 4.69) is 20.5 Å². The van der Waals surface area contributed by atoms with Crippen molar-refractivity contribution in [3.05, 3.63) is 65.9 Å². The van der Waals surface area contributed by atoms with Crippen LogP contribution in [0, 0.1) is 0 Å². The van der Waals surface area contributed by atoms with Crippen LogP contribution >= 0.6 is 0 Å². The molecule has 39 heavy (non-hydrogen) atoms. The third-order valence-electron chi connectivity index (χ3n) is 7.58. The van der Waals surface area contributed by atoms with Gasteiger partial charge in [-0.05, 0) is 62.1 Å². The van der Waals surface area contributed by atoms with Crippen LogP contribution in [-0.4, -0.2) is 49.3 Å². The van der Waals surface area contributed by atoms with Crippen LogP contribution in [0.2, 0.25) is 0 Å². The van der Waals surface area contributed by atoms with Crippen molar-refractivity contribution in [1.82, 2.24) is 10.3 Å². The molecule has 0 radical (unpaired) electrons. The molecule has 208 valence electrons. The number of piperidine rings is 1. The van der Waals surface area contributed by atoms with Gasteiger partial charge in [0.1, 0.15) is 0 Å². The van der Waals surface area contributed by atoms with Crippen molar-refractivity contribution in [2.45, 2.75) is 62.8 Å². The molecule has 2 aliphatic rings. The van der Waals surface area contributed by atoms with Crippen molar-refractivity contribution in [2.24, 2.45) is 0 Å². The van der Waals surface area contributed by atoms with Gasteiger partial charge in [-0.1, -0.05) is 25.0 Å². The predicted octanol–water partition coefficient (Wildman–Crippen LogP) is 6.13. The zero-order valence-electron chi connectivity index (χ0n) is 21.8. The molecule has 0 spiro atoms. The second kappa shape index (κ2) is 11.7. The fourth-order valence-electron chi connectivity index (χ4n) is 5.56. The summed E-state index contributed by atoms with van der Waals surface area (Å²) in [6.45, 7) is 1.57. The van der Waals surface area contributed by atoms with Crippen LogP contribution in [0.4, 0.5) is 24.9 Å². The van der Waals surface area contributed by atoms with Gasteiger partial charge in [-0.25, -0.2) is 9.78 Å². The molecule has 3 atom stereocenters. The van der Waals surface area contributed by atoms with E-state index in [1.807, 2.05) is 6.07 Å². The number of nitrogens with zero attached hydrogens (tertiary/aromatic N) is 2. The summed E-state index contributed by atoms with van der Waals surface area (Å²) in [6.07, 6.45) is 3.52. The summed E-state index contributed by atoms with van der Waals surface area (Å²) in [4.78, 5) is 18.5. The van der Waals surface area contributed by atoms with E-state index in [4.69, 9.17) is 9.15 Å². The maximum Gasteiger partial charge on any atom is 0.416 e. The number of benzene rings is 2. The Hall–Kier alpha value is -3.53. The van der Waals surface area contributed by atoms with Crippen molar-refractivity contribution in [2.75, 3.05) is 30.4 Å².